The second-order valence-corrected chi connectivity index (χ2v) is 15.6. The number of fused-ring (bicyclic) bond motifs is 5. The number of benzene rings is 1. The molecule has 3 fully saturated rings. The van der Waals surface area contributed by atoms with Gasteiger partial charge in [0.2, 0.25) is 0 Å². The molecule has 1 heterocycles. The van der Waals surface area contributed by atoms with E-state index in [0.29, 0.717) is 41.2 Å². The Morgan fingerprint density at radius 2 is 1.79 bits per heavy atom. The van der Waals surface area contributed by atoms with Gasteiger partial charge in [-0.15, -0.1) is 0 Å². The number of hydrogen-bond donors (Lipinski definition) is 2. The lowest BCUT2D eigenvalue weighted by molar-refractivity contribution is -0.284. The molecule has 43 heavy (non-hydrogen) atoms. The van der Waals surface area contributed by atoms with Crippen molar-refractivity contribution in [3.8, 4) is 5.75 Å². The third kappa shape index (κ3) is 6.89. The summed E-state index contributed by atoms with van der Waals surface area (Å²) in [5.74, 6) is -0.976. The number of likely N-dealkylation sites (tertiary alicyclic amines) is 1. The van der Waals surface area contributed by atoms with E-state index in [1.807, 2.05) is 19.1 Å². The zero-order valence-corrected chi connectivity index (χ0v) is 26.6. The van der Waals surface area contributed by atoms with Crippen LogP contribution in [0, 0.1) is 23.2 Å². The fourth-order valence-corrected chi connectivity index (χ4v) is 10.5. The number of alkyl halides is 5. The van der Waals surface area contributed by atoms with Gasteiger partial charge in [-0.25, -0.2) is 0 Å². The highest BCUT2D eigenvalue weighted by molar-refractivity contribution is 7.99. The monoisotopic (exact) mass is 631 g/mol. The van der Waals surface area contributed by atoms with Crippen LogP contribution in [0.3, 0.4) is 0 Å². The number of nitrogens with zero attached hydrogens (tertiary/aromatic N) is 1. The van der Waals surface area contributed by atoms with E-state index in [-0.39, 0.29) is 11.8 Å². The standard InChI is InChI=1S/C34H50F5NO2S/c1-31-15-12-28-27-11-10-26(41)21-24(27)20-23(30(28)29(31)13-16-32(31,2)42)8-4-3-5-17-40-18-6-9-25(40)22-43-19-7-14-33(35,36)34(37,38)39/h10-11,21,23,25,28-30,41-42H,3-9,12-20,22H2,1-2H3/t23-,25?,28-,29+,30-,31+,32+/m1/s1. The van der Waals surface area contributed by atoms with Gasteiger partial charge in [-0.3, -0.25) is 4.90 Å². The molecule has 3 aliphatic carbocycles. The van der Waals surface area contributed by atoms with E-state index in [1.165, 1.54) is 22.9 Å². The third-order valence-corrected chi connectivity index (χ3v) is 13.2. The Bertz CT molecular complexity index is 1100. The lowest BCUT2D eigenvalue weighted by atomic mass is 9.50. The van der Waals surface area contributed by atoms with E-state index in [9.17, 15) is 32.2 Å². The Balaban J connectivity index is 1.10. The number of aromatic hydroxyl groups is 1. The first-order valence-electron chi connectivity index (χ1n) is 16.5. The van der Waals surface area contributed by atoms with Gasteiger partial charge in [-0.05, 0) is 142 Å². The van der Waals surface area contributed by atoms with E-state index in [4.69, 9.17) is 0 Å². The maximum Gasteiger partial charge on any atom is 0.453 e. The molecule has 2 N–H and O–H groups in total. The smallest absolute Gasteiger partial charge is 0.453 e. The summed E-state index contributed by atoms with van der Waals surface area (Å²) in [5.41, 5.74) is 2.07. The van der Waals surface area contributed by atoms with Crippen molar-refractivity contribution in [1.29, 1.82) is 0 Å². The zero-order chi connectivity index (χ0) is 31.0. The molecule has 1 aromatic rings. The van der Waals surface area contributed by atoms with Gasteiger partial charge in [0.15, 0.2) is 0 Å². The van der Waals surface area contributed by atoms with E-state index < -0.39 is 24.1 Å². The van der Waals surface area contributed by atoms with Crippen LogP contribution in [0.1, 0.15) is 108 Å². The van der Waals surface area contributed by atoms with Gasteiger partial charge in [-0.1, -0.05) is 25.8 Å². The van der Waals surface area contributed by atoms with Gasteiger partial charge < -0.3 is 10.2 Å². The van der Waals surface area contributed by atoms with Crippen molar-refractivity contribution in [3.63, 3.8) is 0 Å². The highest BCUT2D eigenvalue weighted by Crippen LogP contribution is 2.65. The summed E-state index contributed by atoms with van der Waals surface area (Å²) in [7, 11) is 0. The molecule has 244 valence electrons. The maximum absolute atomic E-state index is 13.1. The fourth-order valence-electron chi connectivity index (χ4n) is 9.34. The highest BCUT2D eigenvalue weighted by Gasteiger charge is 2.61. The van der Waals surface area contributed by atoms with Crippen molar-refractivity contribution in [2.24, 2.45) is 23.2 Å². The Morgan fingerprint density at radius 3 is 2.56 bits per heavy atom. The molecular weight excluding hydrogens is 581 g/mol. The third-order valence-electron chi connectivity index (χ3n) is 12.0. The average Bonchev–Trinajstić information content (AvgIpc) is 3.47. The number of hydrogen-bond acceptors (Lipinski definition) is 4. The van der Waals surface area contributed by atoms with E-state index in [2.05, 4.69) is 17.9 Å². The molecule has 3 nitrogen and oxygen atoms in total. The van der Waals surface area contributed by atoms with Crippen molar-refractivity contribution in [2.45, 2.75) is 127 Å². The van der Waals surface area contributed by atoms with E-state index in [1.54, 1.807) is 0 Å². The Hall–Kier alpha value is -1.06. The number of unbranched alkanes of at least 4 members (excludes halogenated alkanes) is 2. The normalized spacial score (nSPS) is 34.7. The zero-order valence-electron chi connectivity index (χ0n) is 25.8. The average molecular weight is 632 g/mol. The van der Waals surface area contributed by atoms with Gasteiger partial charge >= 0.3 is 12.1 Å². The number of phenols is 1. The number of aliphatic hydroxyl groups is 1. The molecule has 2 saturated carbocycles. The Morgan fingerprint density at radius 1 is 1.00 bits per heavy atom. The van der Waals surface area contributed by atoms with Crippen molar-refractivity contribution in [3.05, 3.63) is 29.3 Å². The molecule has 0 amide bonds. The first-order chi connectivity index (χ1) is 20.2. The van der Waals surface area contributed by atoms with Gasteiger partial charge in [-0.2, -0.15) is 33.7 Å². The second-order valence-electron chi connectivity index (χ2n) is 14.5. The Labute approximate surface area is 258 Å². The lowest BCUT2D eigenvalue weighted by Gasteiger charge is -2.55. The molecule has 9 heteroatoms. The van der Waals surface area contributed by atoms with Crippen LogP contribution in [-0.2, 0) is 6.42 Å². The van der Waals surface area contributed by atoms with Crippen LogP contribution in [0.2, 0.25) is 0 Å². The predicted octanol–water partition coefficient (Wildman–Crippen LogP) is 8.96. The van der Waals surface area contributed by atoms with Crippen LogP contribution < -0.4 is 0 Å². The summed E-state index contributed by atoms with van der Waals surface area (Å²) in [6.07, 6.45) is 5.13. The van der Waals surface area contributed by atoms with Gasteiger partial charge in [0.25, 0.3) is 0 Å². The fraction of sp³-hybridized carbons (Fsp3) is 0.824. The molecule has 1 aromatic carbocycles. The molecule has 4 aliphatic rings. The summed E-state index contributed by atoms with van der Waals surface area (Å²) in [5, 5.41) is 21.6. The Kier molecular flexibility index (Phi) is 10.1. The van der Waals surface area contributed by atoms with Crippen molar-refractivity contribution in [2.75, 3.05) is 24.6 Å². The summed E-state index contributed by atoms with van der Waals surface area (Å²) in [4.78, 5) is 2.49. The van der Waals surface area contributed by atoms with Crippen LogP contribution >= 0.6 is 11.8 Å². The summed E-state index contributed by atoms with van der Waals surface area (Å²) in [6.45, 7) is 6.42. The van der Waals surface area contributed by atoms with Crippen LogP contribution in [0.4, 0.5) is 22.0 Å². The summed E-state index contributed by atoms with van der Waals surface area (Å²) in [6, 6.07) is 6.35. The van der Waals surface area contributed by atoms with Crippen LogP contribution in [0.15, 0.2) is 18.2 Å². The van der Waals surface area contributed by atoms with E-state index >= 15 is 0 Å². The number of halogens is 5. The van der Waals surface area contributed by atoms with Crippen molar-refractivity contribution in [1.82, 2.24) is 4.90 Å². The molecule has 1 saturated heterocycles. The maximum atomic E-state index is 13.1. The van der Waals surface area contributed by atoms with Gasteiger partial charge in [0, 0.05) is 18.2 Å². The van der Waals surface area contributed by atoms with Crippen LogP contribution in [0.5, 0.6) is 5.75 Å². The molecule has 5 rings (SSSR count). The minimum Gasteiger partial charge on any atom is -0.508 e. The summed E-state index contributed by atoms with van der Waals surface area (Å²) >= 11 is 1.50. The first kappa shape index (κ1) is 33.3. The molecule has 0 radical (unpaired) electrons. The van der Waals surface area contributed by atoms with Crippen molar-refractivity contribution >= 4 is 11.8 Å². The SMILES string of the molecule is C[C@]1(O)CC[C@H]2[C@@H]3[C@H](CCCCCN4CCCC4CSCCCC(F)(F)C(F)(F)F)Cc4cc(O)ccc4[C@H]3CC[C@@]21C. The van der Waals surface area contributed by atoms with Gasteiger partial charge in [0.05, 0.1) is 5.60 Å². The molecule has 0 spiro atoms. The molecule has 1 unspecified atom stereocenters. The number of thioether (sulfide) groups is 1. The summed E-state index contributed by atoms with van der Waals surface area (Å²) < 4.78 is 63.4. The van der Waals surface area contributed by atoms with Crippen molar-refractivity contribution < 1.29 is 32.2 Å². The molecule has 1 aliphatic heterocycles. The minimum absolute atomic E-state index is 0.0389. The molecular formula is C34H50F5NO2S. The molecule has 0 bridgehead atoms. The van der Waals surface area contributed by atoms with Crippen LogP contribution in [0.25, 0.3) is 0 Å². The molecule has 7 atom stereocenters. The largest absolute Gasteiger partial charge is 0.508 e. The number of phenolic OH excluding ortho intramolecular Hbond substituents is 1. The topological polar surface area (TPSA) is 43.7 Å². The quantitative estimate of drug-likeness (QED) is 0.179. The minimum atomic E-state index is -5.46. The van der Waals surface area contributed by atoms with Gasteiger partial charge in [0.1, 0.15) is 5.75 Å². The highest BCUT2D eigenvalue weighted by atomic mass is 32.2. The predicted molar refractivity (Wildman–Crippen MR) is 163 cm³/mol. The molecule has 0 aromatic heterocycles. The first-order valence-corrected chi connectivity index (χ1v) is 17.7. The second kappa shape index (κ2) is 13.0. The lowest BCUT2D eigenvalue weighted by Crippen LogP contribution is -2.51. The van der Waals surface area contributed by atoms with E-state index in [0.717, 1.165) is 89.5 Å². The van der Waals surface area contributed by atoms with Crippen LogP contribution in [-0.4, -0.2) is 63.4 Å². The number of rotatable bonds is 12.